The van der Waals surface area contributed by atoms with E-state index in [2.05, 4.69) is 5.32 Å². The summed E-state index contributed by atoms with van der Waals surface area (Å²) in [5.74, 6) is -6.02. The number of carboxylic acids is 4. The number of rotatable bonds is 20. The summed E-state index contributed by atoms with van der Waals surface area (Å²) < 4.78 is 0. The third kappa shape index (κ3) is 13.6. The molecule has 1 atom stereocenters. The lowest BCUT2D eigenvalue weighted by atomic mass is 10.2. The average Bonchev–Trinajstić information content (AvgIpc) is 2.72. The van der Waals surface area contributed by atoms with Gasteiger partial charge in [-0.1, -0.05) is 0 Å². The minimum Gasteiger partial charge on any atom is -0.480 e. The van der Waals surface area contributed by atoms with Gasteiger partial charge in [0, 0.05) is 26.2 Å². The molecule has 0 fully saturated rings. The Morgan fingerprint density at radius 2 is 1.00 bits per heavy atom. The Balaban J connectivity index is 5.38. The van der Waals surface area contributed by atoms with Crippen LogP contribution < -0.4 is 5.32 Å². The molecular weight excluding hydrogens is 464 g/mol. The van der Waals surface area contributed by atoms with Crippen LogP contribution in [0.1, 0.15) is 0 Å². The summed E-state index contributed by atoms with van der Waals surface area (Å²) in [5.41, 5.74) is 0. The molecule has 0 aromatic rings. The van der Waals surface area contributed by atoms with Gasteiger partial charge in [0.2, 0.25) is 5.91 Å². The SMILES string of the molecule is O=C(O)CN(CCN(CC(=O)O)CC(=O)O)CCN(CC(=O)O)C(CO)C(=O)NC(CO)CO. The van der Waals surface area contributed by atoms with Crippen molar-refractivity contribution >= 4 is 29.8 Å². The van der Waals surface area contributed by atoms with Gasteiger partial charge in [-0.2, -0.15) is 0 Å². The molecule has 8 N–H and O–H groups in total. The lowest BCUT2D eigenvalue weighted by Crippen LogP contribution is -2.55. The summed E-state index contributed by atoms with van der Waals surface area (Å²) in [4.78, 5) is 60.2. The van der Waals surface area contributed by atoms with E-state index < -0.39 is 87.9 Å². The van der Waals surface area contributed by atoms with Crippen molar-refractivity contribution in [2.24, 2.45) is 0 Å². The topological polar surface area (TPSA) is 249 Å². The number of aliphatic carboxylic acids is 4. The number of carboxylic acid groups (broad SMARTS) is 4. The van der Waals surface area contributed by atoms with Gasteiger partial charge in [0.25, 0.3) is 0 Å². The Kier molecular flexibility index (Phi) is 15.3. The van der Waals surface area contributed by atoms with E-state index in [1.165, 1.54) is 4.90 Å². The van der Waals surface area contributed by atoms with Crippen LogP contribution in [0.4, 0.5) is 0 Å². The van der Waals surface area contributed by atoms with Crippen LogP contribution in [0.25, 0.3) is 0 Å². The van der Waals surface area contributed by atoms with Crippen molar-refractivity contribution < 1.29 is 59.7 Å². The molecule has 0 radical (unpaired) electrons. The predicted octanol–water partition coefficient (Wildman–Crippen LogP) is -4.94. The number of nitrogens with zero attached hydrogens (tertiary/aromatic N) is 3. The van der Waals surface area contributed by atoms with Gasteiger partial charge in [-0.15, -0.1) is 0 Å². The second kappa shape index (κ2) is 16.7. The largest absolute Gasteiger partial charge is 0.480 e. The van der Waals surface area contributed by atoms with Gasteiger partial charge in [-0.25, -0.2) is 0 Å². The van der Waals surface area contributed by atoms with Gasteiger partial charge in [-0.3, -0.25) is 38.7 Å². The first-order valence-electron chi connectivity index (χ1n) is 10.1. The van der Waals surface area contributed by atoms with Crippen LogP contribution in [0, 0.1) is 0 Å². The standard InChI is InChI=1S/C18H32N4O12/c23-9-12(10-24)19-18(34)13(11-25)22(8-17(32)33)4-3-20(5-14(26)27)1-2-21(6-15(28)29)7-16(30)31/h12-13,23-25H,1-11H2,(H,19,34)(H,26,27)(H,28,29)(H,30,31)(H,32,33). The van der Waals surface area contributed by atoms with Gasteiger partial charge in [0.1, 0.15) is 6.04 Å². The number of carbonyl (C=O) groups is 5. The van der Waals surface area contributed by atoms with Crippen LogP contribution in [0.3, 0.4) is 0 Å². The molecule has 16 heteroatoms. The molecule has 0 aromatic heterocycles. The fourth-order valence-corrected chi connectivity index (χ4v) is 2.94. The maximum absolute atomic E-state index is 12.4. The van der Waals surface area contributed by atoms with E-state index in [9.17, 15) is 34.2 Å². The zero-order valence-electron chi connectivity index (χ0n) is 18.4. The Morgan fingerprint density at radius 3 is 1.41 bits per heavy atom. The van der Waals surface area contributed by atoms with Crippen molar-refractivity contribution in [3.63, 3.8) is 0 Å². The summed E-state index contributed by atoms with van der Waals surface area (Å²) in [5, 5.41) is 66.2. The molecule has 0 spiro atoms. The fraction of sp³-hybridized carbons (Fsp3) is 0.722. The number of carbonyl (C=O) groups excluding carboxylic acids is 1. The average molecular weight is 496 g/mol. The van der Waals surface area contributed by atoms with Crippen molar-refractivity contribution in [2.75, 3.05) is 72.2 Å². The van der Waals surface area contributed by atoms with E-state index >= 15 is 0 Å². The minimum absolute atomic E-state index is 0.0825. The summed E-state index contributed by atoms with van der Waals surface area (Å²) in [7, 11) is 0. The Hall–Kier alpha value is -2.89. The van der Waals surface area contributed by atoms with Crippen LogP contribution in [0.15, 0.2) is 0 Å². The van der Waals surface area contributed by atoms with E-state index in [-0.39, 0.29) is 26.2 Å². The third-order valence-corrected chi connectivity index (χ3v) is 4.55. The van der Waals surface area contributed by atoms with Crippen molar-refractivity contribution in [1.82, 2.24) is 20.0 Å². The highest BCUT2D eigenvalue weighted by molar-refractivity contribution is 5.83. The van der Waals surface area contributed by atoms with Crippen molar-refractivity contribution in [3.8, 4) is 0 Å². The van der Waals surface area contributed by atoms with Crippen LogP contribution in [0.5, 0.6) is 0 Å². The van der Waals surface area contributed by atoms with E-state index in [1.807, 2.05) is 0 Å². The lowest BCUT2D eigenvalue weighted by molar-refractivity contribution is -0.143. The number of amides is 1. The zero-order chi connectivity index (χ0) is 26.3. The smallest absolute Gasteiger partial charge is 0.317 e. The van der Waals surface area contributed by atoms with Crippen molar-refractivity contribution in [3.05, 3.63) is 0 Å². The molecular formula is C18H32N4O12. The quantitative estimate of drug-likeness (QED) is 0.0786. The van der Waals surface area contributed by atoms with Gasteiger partial charge in [0.05, 0.1) is 52.0 Å². The molecule has 1 unspecified atom stereocenters. The first kappa shape index (κ1) is 31.1. The normalized spacial score (nSPS) is 12.3. The highest BCUT2D eigenvalue weighted by Crippen LogP contribution is 2.03. The molecule has 0 aliphatic carbocycles. The van der Waals surface area contributed by atoms with E-state index in [4.69, 9.17) is 25.5 Å². The molecule has 0 heterocycles. The number of aliphatic hydroxyl groups excluding tert-OH is 3. The molecule has 0 aliphatic rings. The molecule has 34 heavy (non-hydrogen) atoms. The molecule has 0 bridgehead atoms. The molecule has 196 valence electrons. The fourth-order valence-electron chi connectivity index (χ4n) is 2.94. The van der Waals surface area contributed by atoms with Gasteiger partial charge >= 0.3 is 23.9 Å². The molecule has 16 nitrogen and oxygen atoms in total. The van der Waals surface area contributed by atoms with Crippen LogP contribution >= 0.6 is 0 Å². The van der Waals surface area contributed by atoms with E-state index in [0.717, 1.165) is 9.80 Å². The van der Waals surface area contributed by atoms with Crippen molar-refractivity contribution in [2.45, 2.75) is 12.1 Å². The maximum atomic E-state index is 12.4. The second-order valence-corrected chi connectivity index (χ2v) is 7.30. The molecule has 0 aliphatic heterocycles. The van der Waals surface area contributed by atoms with Crippen LogP contribution in [-0.4, -0.2) is 164 Å². The van der Waals surface area contributed by atoms with Gasteiger partial charge < -0.3 is 41.1 Å². The number of hydrogen-bond donors (Lipinski definition) is 8. The van der Waals surface area contributed by atoms with Crippen LogP contribution in [-0.2, 0) is 24.0 Å². The number of nitrogens with one attached hydrogen (secondary N) is 1. The molecule has 0 saturated carbocycles. The summed E-state index contributed by atoms with van der Waals surface area (Å²) in [6.07, 6.45) is 0. The number of aliphatic hydroxyl groups is 3. The summed E-state index contributed by atoms with van der Waals surface area (Å²) >= 11 is 0. The Labute approximate surface area is 194 Å². The molecule has 0 rings (SSSR count). The highest BCUT2D eigenvalue weighted by atomic mass is 16.4. The monoisotopic (exact) mass is 496 g/mol. The first-order chi connectivity index (χ1) is 15.9. The summed E-state index contributed by atoms with van der Waals surface area (Å²) in [6.45, 7) is -4.99. The minimum atomic E-state index is -1.39. The Bertz CT molecular complexity index is 672. The van der Waals surface area contributed by atoms with E-state index in [1.54, 1.807) is 0 Å². The van der Waals surface area contributed by atoms with Crippen LogP contribution in [0.2, 0.25) is 0 Å². The summed E-state index contributed by atoms with van der Waals surface area (Å²) in [6, 6.07) is -2.43. The third-order valence-electron chi connectivity index (χ3n) is 4.55. The number of hydrogen-bond acceptors (Lipinski definition) is 11. The maximum Gasteiger partial charge on any atom is 0.317 e. The predicted molar refractivity (Wildman–Crippen MR) is 112 cm³/mol. The zero-order valence-corrected chi connectivity index (χ0v) is 18.4. The Morgan fingerprint density at radius 1 is 0.588 bits per heavy atom. The first-order valence-corrected chi connectivity index (χ1v) is 10.1. The lowest BCUT2D eigenvalue weighted by Gasteiger charge is -2.32. The molecule has 0 saturated heterocycles. The molecule has 1 amide bonds. The van der Waals surface area contributed by atoms with Crippen molar-refractivity contribution in [1.29, 1.82) is 0 Å². The van der Waals surface area contributed by atoms with Gasteiger partial charge in [0.15, 0.2) is 0 Å². The highest BCUT2D eigenvalue weighted by Gasteiger charge is 2.29. The molecule has 0 aromatic carbocycles. The van der Waals surface area contributed by atoms with Gasteiger partial charge in [-0.05, 0) is 0 Å². The van der Waals surface area contributed by atoms with E-state index in [0.29, 0.717) is 0 Å². The second-order valence-electron chi connectivity index (χ2n) is 7.30.